The molecule has 2 N–H and O–H groups in total. The molecule has 0 aliphatic rings. The first kappa shape index (κ1) is 19.5. The van der Waals surface area contributed by atoms with Crippen LogP contribution in [0.3, 0.4) is 0 Å². The third-order valence-electron chi connectivity index (χ3n) is 4.45. The highest BCUT2D eigenvalue weighted by atomic mass is 79.9. The SMILES string of the molecule is CC(C)(C)[Si](C)(C)Oc1ccc(O)c(C=NNc2ccccc2)c1Br. The molecule has 134 valence electrons. The first-order valence-corrected chi connectivity index (χ1v) is 11.9. The number of nitrogens with one attached hydrogen (secondary N) is 1. The predicted octanol–water partition coefficient (Wildman–Crippen LogP) is 5.98. The largest absolute Gasteiger partial charge is 0.543 e. The summed E-state index contributed by atoms with van der Waals surface area (Å²) in [5.74, 6) is 0.874. The van der Waals surface area contributed by atoms with Crippen LogP contribution in [0.25, 0.3) is 0 Å². The minimum Gasteiger partial charge on any atom is -0.543 e. The van der Waals surface area contributed by atoms with Gasteiger partial charge in [0.15, 0.2) is 0 Å². The fraction of sp³-hybridized carbons (Fsp3) is 0.316. The molecule has 0 saturated carbocycles. The Morgan fingerprint density at radius 3 is 2.36 bits per heavy atom. The molecule has 0 saturated heterocycles. The van der Waals surface area contributed by atoms with E-state index in [2.05, 4.69) is 60.3 Å². The number of phenols is 1. The van der Waals surface area contributed by atoms with Gasteiger partial charge in [-0.05, 0) is 58.3 Å². The first-order valence-electron chi connectivity index (χ1n) is 8.16. The molecule has 0 radical (unpaired) electrons. The minimum absolute atomic E-state index is 0.0907. The highest BCUT2D eigenvalue weighted by molar-refractivity contribution is 9.10. The maximum Gasteiger partial charge on any atom is 0.250 e. The van der Waals surface area contributed by atoms with E-state index in [1.54, 1.807) is 18.3 Å². The number of hydrogen-bond acceptors (Lipinski definition) is 4. The third-order valence-corrected chi connectivity index (χ3v) is 9.61. The standard InChI is InChI=1S/C19H25BrN2O2Si/c1-19(2,3)25(4,5)24-17-12-11-16(23)15(18(17)20)13-21-22-14-9-7-6-8-10-14/h6-13,22-23H,1-5H3. The normalized spacial score (nSPS) is 12.4. The van der Waals surface area contributed by atoms with Gasteiger partial charge in [-0.1, -0.05) is 39.0 Å². The van der Waals surface area contributed by atoms with Crippen LogP contribution >= 0.6 is 15.9 Å². The van der Waals surface area contributed by atoms with Gasteiger partial charge in [0.05, 0.1) is 21.9 Å². The van der Waals surface area contributed by atoms with Crippen LogP contribution in [0, 0.1) is 0 Å². The van der Waals surface area contributed by atoms with Crippen LogP contribution in [0.15, 0.2) is 52.0 Å². The lowest BCUT2D eigenvalue weighted by Gasteiger charge is -2.36. The van der Waals surface area contributed by atoms with Crippen molar-refractivity contribution in [1.29, 1.82) is 0 Å². The van der Waals surface area contributed by atoms with E-state index in [9.17, 15) is 5.11 Å². The van der Waals surface area contributed by atoms with Crippen molar-refractivity contribution >= 4 is 36.1 Å². The summed E-state index contributed by atoms with van der Waals surface area (Å²) in [6.07, 6.45) is 1.59. The van der Waals surface area contributed by atoms with Crippen LogP contribution in [0.1, 0.15) is 26.3 Å². The highest BCUT2D eigenvalue weighted by Crippen LogP contribution is 2.41. The van der Waals surface area contributed by atoms with Gasteiger partial charge in [0.1, 0.15) is 11.5 Å². The van der Waals surface area contributed by atoms with E-state index in [4.69, 9.17) is 4.43 Å². The number of hydrogen-bond donors (Lipinski definition) is 2. The second-order valence-corrected chi connectivity index (χ2v) is 12.9. The monoisotopic (exact) mass is 420 g/mol. The Balaban J connectivity index is 2.25. The van der Waals surface area contributed by atoms with Crippen LogP contribution in [0.2, 0.25) is 18.1 Å². The molecule has 0 unspecified atom stereocenters. The molecule has 2 aromatic carbocycles. The fourth-order valence-electron chi connectivity index (χ4n) is 1.88. The topological polar surface area (TPSA) is 53.9 Å². The molecule has 2 rings (SSSR count). The van der Waals surface area contributed by atoms with Crippen molar-refractivity contribution < 1.29 is 9.53 Å². The van der Waals surface area contributed by atoms with Crippen molar-refractivity contribution in [1.82, 2.24) is 0 Å². The molecule has 4 nitrogen and oxygen atoms in total. The Kier molecular flexibility index (Phi) is 5.95. The molecule has 0 heterocycles. The maximum absolute atomic E-state index is 10.2. The third kappa shape index (κ3) is 4.86. The maximum atomic E-state index is 10.2. The van der Waals surface area contributed by atoms with Crippen LogP contribution in [0.5, 0.6) is 11.5 Å². The number of rotatable bonds is 5. The van der Waals surface area contributed by atoms with E-state index in [0.717, 1.165) is 11.4 Å². The number of halogens is 1. The van der Waals surface area contributed by atoms with Crippen molar-refractivity contribution in [2.75, 3.05) is 5.43 Å². The molecule has 25 heavy (non-hydrogen) atoms. The van der Waals surface area contributed by atoms with Crippen molar-refractivity contribution in [3.8, 4) is 11.5 Å². The lowest BCUT2D eigenvalue weighted by Crippen LogP contribution is -2.44. The Hall–Kier alpha value is -1.79. The molecule has 0 spiro atoms. The molecule has 0 bridgehead atoms. The summed E-state index contributed by atoms with van der Waals surface area (Å²) >= 11 is 3.56. The van der Waals surface area contributed by atoms with Gasteiger partial charge in [0.25, 0.3) is 8.32 Å². The number of nitrogens with zero attached hydrogens (tertiary/aromatic N) is 1. The van der Waals surface area contributed by atoms with E-state index in [-0.39, 0.29) is 10.8 Å². The summed E-state index contributed by atoms with van der Waals surface area (Å²) in [6.45, 7) is 11.0. The van der Waals surface area contributed by atoms with Gasteiger partial charge in [-0.15, -0.1) is 0 Å². The van der Waals surface area contributed by atoms with Crippen molar-refractivity contribution in [3.63, 3.8) is 0 Å². The van der Waals surface area contributed by atoms with Crippen molar-refractivity contribution in [3.05, 3.63) is 52.5 Å². The first-order chi connectivity index (χ1) is 11.6. The molecule has 0 atom stereocenters. The number of para-hydroxylation sites is 1. The van der Waals surface area contributed by atoms with Crippen LogP contribution in [-0.2, 0) is 0 Å². The smallest absolute Gasteiger partial charge is 0.250 e. The molecule has 0 fully saturated rings. The Morgan fingerprint density at radius 1 is 1.12 bits per heavy atom. The summed E-state index contributed by atoms with van der Waals surface area (Å²) in [6, 6.07) is 13.1. The van der Waals surface area contributed by atoms with E-state index in [1.165, 1.54) is 0 Å². The number of anilines is 1. The molecule has 0 amide bonds. The lowest BCUT2D eigenvalue weighted by atomic mass is 10.2. The number of phenolic OH excluding ortho intramolecular Hbond substituents is 1. The molecule has 0 aromatic heterocycles. The second kappa shape index (κ2) is 7.62. The van der Waals surface area contributed by atoms with Gasteiger partial charge in [0, 0.05) is 0 Å². The van der Waals surface area contributed by atoms with E-state index < -0.39 is 8.32 Å². The van der Waals surface area contributed by atoms with Crippen molar-refractivity contribution in [2.45, 2.75) is 38.9 Å². The molecular weight excluding hydrogens is 396 g/mol. The summed E-state index contributed by atoms with van der Waals surface area (Å²) in [7, 11) is -1.97. The van der Waals surface area contributed by atoms with E-state index in [0.29, 0.717) is 10.0 Å². The summed E-state index contributed by atoms with van der Waals surface area (Å²) in [4.78, 5) is 0. The van der Waals surface area contributed by atoms with Gasteiger partial charge in [-0.25, -0.2) is 0 Å². The van der Waals surface area contributed by atoms with Gasteiger partial charge >= 0.3 is 0 Å². The molecule has 6 heteroatoms. The van der Waals surface area contributed by atoms with Crippen LogP contribution in [-0.4, -0.2) is 19.6 Å². The van der Waals surface area contributed by atoms with Gasteiger partial charge in [-0.3, -0.25) is 5.43 Å². The Labute approximate surface area is 159 Å². The van der Waals surface area contributed by atoms with E-state index in [1.807, 2.05) is 30.3 Å². The molecular formula is C19H25BrN2O2Si. The summed E-state index contributed by atoms with van der Waals surface area (Å²) in [5, 5.41) is 14.5. The lowest BCUT2D eigenvalue weighted by molar-refractivity contribution is 0.466. The summed E-state index contributed by atoms with van der Waals surface area (Å²) < 4.78 is 7.06. The Morgan fingerprint density at radius 2 is 1.76 bits per heavy atom. The predicted molar refractivity (Wildman–Crippen MR) is 111 cm³/mol. The number of benzene rings is 2. The van der Waals surface area contributed by atoms with Crippen molar-refractivity contribution in [2.24, 2.45) is 5.10 Å². The van der Waals surface area contributed by atoms with Gasteiger partial charge < -0.3 is 9.53 Å². The zero-order valence-electron chi connectivity index (χ0n) is 15.3. The number of aromatic hydroxyl groups is 1. The fourth-order valence-corrected chi connectivity index (χ4v) is 3.57. The number of hydrazone groups is 1. The zero-order valence-corrected chi connectivity index (χ0v) is 17.9. The van der Waals surface area contributed by atoms with Crippen LogP contribution in [0.4, 0.5) is 5.69 Å². The summed E-state index contributed by atoms with van der Waals surface area (Å²) in [5.41, 5.74) is 4.41. The zero-order chi connectivity index (χ0) is 18.7. The van der Waals surface area contributed by atoms with E-state index >= 15 is 0 Å². The van der Waals surface area contributed by atoms with Gasteiger partial charge in [0.2, 0.25) is 0 Å². The van der Waals surface area contributed by atoms with Gasteiger partial charge in [-0.2, -0.15) is 5.10 Å². The average Bonchev–Trinajstić information content (AvgIpc) is 2.53. The molecule has 2 aromatic rings. The Bertz CT molecular complexity index is 756. The molecule has 0 aliphatic heterocycles. The van der Waals surface area contributed by atoms with Crippen LogP contribution < -0.4 is 9.85 Å². The second-order valence-electron chi connectivity index (χ2n) is 7.41. The minimum atomic E-state index is -1.97. The average molecular weight is 421 g/mol. The highest BCUT2D eigenvalue weighted by Gasteiger charge is 2.39. The molecule has 0 aliphatic carbocycles. The quantitative estimate of drug-likeness (QED) is 0.355.